The molecule has 0 spiro atoms. The van der Waals surface area contributed by atoms with Crippen LogP contribution in [0.15, 0.2) is 18.2 Å². The summed E-state index contributed by atoms with van der Waals surface area (Å²) in [6.45, 7) is 2.51. The van der Waals surface area contributed by atoms with E-state index in [4.69, 9.17) is 11.6 Å². The van der Waals surface area contributed by atoms with Crippen LogP contribution in [0.4, 0.5) is 0 Å². The number of halogens is 1. The van der Waals surface area contributed by atoms with E-state index in [-0.39, 0.29) is 0 Å². The fourth-order valence-corrected chi connectivity index (χ4v) is 4.45. The number of aromatic amines is 1. The van der Waals surface area contributed by atoms with E-state index in [2.05, 4.69) is 21.2 Å². The van der Waals surface area contributed by atoms with E-state index in [1.807, 2.05) is 12.1 Å². The highest BCUT2D eigenvalue weighted by molar-refractivity contribution is 6.35. The molecule has 1 aromatic carbocycles. The Morgan fingerprint density at radius 1 is 1.30 bits per heavy atom. The minimum atomic E-state index is 0.334. The van der Waals surface area contributed by atoms with Gasteiger partial charge in [-0.1, -0.05) is 23.7 Å². The molecule has 4 heteroatoms. The SMILES string of the molecule is Clc1cccc2c([C@]34C[C@H]3CCN(C3CC3)C4)[nH]nc12. The van der Waals surface area contributed by atoms with Crippen molar-refractivity contribution in [3.8, 4) is 0 Å². The number of benzene rings is 1. The van der Waals surface area contributed by atoms with Gasteiger partial charge in [0.25, 0.3) is 0 Å². The van der Waals surface area contributed by atoms with Crippen LogP contribution in [0, 0.1) is 5.92 Å². The highest BCUT2D eigenvalue weighted by atomic mass is 35.5. The maximum atomic E-state index is 6.26. The third-order valence-electron chi connectivity index (χ3n) is 5.58. The molecule has 2 heterocycles. The van der Waals surface area contributed by atoms with Crippen LogP contribution in [0.3, 0.4) is 0 Å². The molecule has 2 aromatic rings. The van der Waals surface area contributed by atoms with Gasteiger partial charge in [0.1, 0.15) is 5.52 Å². The Morgan fingerprint density at radius 2 is 2.20 bits per heavy atom. The summed E-state index contributed by atoms with van der Waals surface area (Å²) in [4.78, 5) is 2.71. The molecule has 1 aromatic heterocycles. The van der Waals surface area contributed by atoms with Gasteiger partial charge in [0.15, 0.2) is 0 Å². The van der Waals surface area contributed by atoms with Crippen LogP contribution in [-0.4, -0.2) is 34.2 Å². The van der Waals surface area contributed by atoms with Gasteiger partial charge >= 0.3 is 0 Å². The number of piperidine rings is 1. The van der Waals surface area contributed by atoms with Gasteiger partial charge < -0.3 is 0 Å². The molecule has 1 aliphatic heterocycles. The fourth-order valence-electron chi connectivity index (χ4n) is 4.23. The van der Waals surface area contributed by atoms with Crippen LogP contribution >= 0.6 is 11.6 Å². The second kappa shape index (κ2) is 3.77. The van der Waals surface area contributed by atoms with E-state index in [1.54, 1.807) is 0 Å². The number of nitrogens with one attached hydrogen (secondary N) is 1. The predicted molar refractivity (Wildman–Crippen MR) is 80.1 cm³/mol. The third-order valence-corrected chi connectivity index (χ3v) is 5.88. The molecule has 104 valence electrons. The van der Waals surface area contributed by atoms with E-state index in [0.29, 0.717) is 5.41 Å². The molecule has 3 nitrogen and oxygen atoms in total. The number of fused-ring (bicyclic) bond motifs is 2. The molecular weight excluding hydrogens is 270 g/mol. The first-order valence-corrected chi connectivity index (χ1v) is 8.03. The van der Waals surface area contributed by atoms with Gasteiger partial charge in [0.05, 0.1) is 10.7 Å². The average molecular weight is 288 g/mol. The van der Waals surface area contributed by atoms with Crippen molar-refractivity contribution in [3.63, 3.8) is 0 Å². The van der Waals surface area contributed by atoms with Crippen molar-refractivity contribution in [1.29, 1.82) is 0 Å². The Kier molecular flexibility index (Phi) is 2.19. The molecule has 1 saturated heterocycles. The van der Waals surface area contributed by atoms with Crippen molar-refractivity contribution in [3.05, 3.63) is 28.9 Å². The summed E-state index contributed by atoms with van der Waals surface area (Å²) in [6.07, 6.45) is 5.46. The molecule has 1 N–H and O–H groups in total. The molecule has 2 aliphatic carbocycles. The average Bonchev–Trinajstić information content (AvgIpc) is 3.35. The molecule has 3 fully saturated rings. The number of rotatable bonds is 2. The van der Waals surface area contributed by atoms with Crippen LogP contribution in [0.1, 0.15) is 31.4 Å². The first kappa shape index (κ1) is 11.6. The van der Waals surface area contributed by atoms with Crippen molar-refractivity contribution in [2.24, 2.45) is 5.92 Å². The van der Waals surface area contributed by atoms with E-state index in [9.17, 15) is 0 Å². The maximum absolute atomic E-state index is 6.26. The molecule has 3 aliphatic rings. The highest BCUT2D eigenvalue weighted by Gasteiger charge is 2.60. The molecule has 5 rings (SSSR count). The zero-order chi connectivity index (χ0) is 13.3. The summed E-state index contributed by atoms with van der Waals surface area (Å²) in [5.74, 6) is 0.847. The number of hydrogen-bond donors (Lipinski definition) is 1. The summed E-state index contributed by atoms with van der Waals surface area (Å²) >= 11 is 6.26. The van der Waals surface area contributed by atoms with E-state index < -0.39 is 0 Å². The lowest BCUT2D eigenvalue weighted by Crippen LogP contribution is -2.40. The van der Waals surface area contributed by atoms with Crippen LogP contribution in [0.25, 0.3) is 10.9 Å². The second-order valence-electron chi connectivity index (χ2n) is 6.78. The maximum Gasteiger partial charge on any atom is 0.111 e. The summed E-state index contributed by atoms with van der Waals surface area (Å²) < 4.78 is 0. The van der Waals surface area contributed by atoms with E-state index in [0.717, 1.165) is 22.5 Å². The quantitative estimate of drug-likeness (QED) is 0.919. The molecule has 0 unspecified atom stereocenters. The lowest BCUT2D eigenvalue weighted by atomic mass is 9.91. The molecule has 0 bridgehead atoms. The molecule has 2 atom stereocenters. The van der Waals surface area contributed by atoms with Crippen LogP contribution in [0.2, 0.25) is 5.02 Å². The highest BCUT2D eigenvalue weighted by Crippen LogP contribution is 2.60. The standard InChI is InChI=1S/C16H18ClN3/c17-13-3-1-2-12-14(13)18-19-15(12)16-8-10(16)6-7-20(9-16)11-4-5-11/h1-3,10-11H,4-9H2,(H,18,19)/t10-,16+/m1/s1. The molecular formula is C16H18ClN3. The van der Waals surface area contributed by atoms with Gasteiger partial charge in [0, 0.05) is 23.4 Å². The minimum absolute atomic E-state index is 0.334. The first-order valence-electron chi connectivity index (χ1n) is 7.65. The number of hydrogen-bond acceptors (Lipinski definition) is 2. The monoisotopic (exact) mass is 287 g/mol. The largest absolute Gasteiger partial charge is 0.299 e. The first-order chi connectivity index (χ1) is 9.78. The minimum Gasteiger partial charge on any atom is -0.299 e. The van der Waals surface area contributed by atoms with Gasteiger partial charge in [0.2, 0.25) is 0 Å². The Bertz CT molecular complexity index is 690. The van der Waals surface area contributed by atoms with Gasteiger partial charge in [-0.2, -0.15) is 5.10 Å². The summed E-state index contributed by atoms with van der Waals surface area (Å²) in [7, 11) is 0. The lowest BCUT2D eigenvalue weighted by molar-refractivity contribution is 0.191. The number of likely N-dealkylation sites (tertiary alicyclic amines) is 1. The lowest BCUT2D eigenvalue weighted by Gasteiger charge is -2.32. The predicted octanol–water partition coefficient (Wildman–Crippen LogP) is 3.34. The normalized spacial score (nSPS) is 33.4. The molecule has 0 radical (unpaired) electrons. The van der Waals surface area contributed by atoms with Gasteiger partial charge in [-0.25, -0.2) is 0 Å². The zero-order valence-corrected chi connectivity index (χ0v) is 12.2. The molecule has 0 amide bonds. The van der Waals surface area contributed by atoms with Crippen molar-refractivity contribution in [1.82, 2.24) is 15.1 Å². The Morgan fingerprint density at radius 3 is 3.05 bits per heavy atom. The van der Waals surface area contributed by atoms with Gasteiger partial charge in [-0.3, -0.25) is 10.00 Å². The molecule has 20 heavy (non-hydrogen) atoms. The second-order valence-corrected chi connectivity index (χ2v) is 7.19. The summed E-state index contributed by atoms with van der Waals surface area (Å²) in [5.41, 5.74) is 2.61. The fraction of sp³-hybridized carbons (Fsp3) is 0.562. The van der Waals surface area contributed by atoms with Gasteiger partial charge in [-0.15, -0.1) is 0 Å². The van der Waals surface area contributed by atoms with Crippen molar-refractivity contribution >= 4 is 22.5 Å². The van der Waals surface area contributed by atoms with Crippen LogP contribution in [0.5, 0.6) is 0 Å². The van der Waals surface area contributed by atoms with Crippen LogP contribution < -0.4 is 0 Å². The Hall–Kier alpha value is -1.06. The topological polar surface area (TPSA) is 31.9 Å². The number of nitrogens with zero attached hydrogens (tertiary/aromatic N) is 2. The van der Waals surface area contributed by atoms with Crippen LogP contribution in [-0.2, 0) is 5.41 Å². The number of para-hydroxylation sites is 1. The van der Waals surface area contributed by atoms with Gasteiger partial charge in [-0.05, 0) is 44.2 Å². The Balaban J connectivity index is 1.59. The van der Waals surface area contributed by atoms with Crippen molar-refractivity contribution in [2.75, 3.05) is 13.1 Å². The Labute approximate surface area is 123 Å². The molecule has 2 saturated carbocycles. The summed E-state index contributed by atoms with van der Waals surface area (Å²) in [6, 6.07) is 7.00. The van der Waals surface area contributed by atoms with E-state index >= 15 is 0 Å². The van der Waals surface area contributed by atoms with Crippen molar-refractivity contribution < 1.29 is 0 Å². The smallest absolute Gasteiger partial charge is 0.111 e. The van der Waals surface area contributed by atoms with Crippen molar-refractivity contribution in [2.45, 2.75) is 37.1 Å². The summed E-state index contributed by atoms with van der Waals surface area (Å²) in [5, 5.41) is 9.79. The third kappa shape index (κ3) is 1.48. The number of H-pyrrole nitrogens is 1. The zero-order valence-electron chi connectivity index (χ0n) is 11.4. The van der Waals surface area contributed by atoms with E-state index in [1.165, 1.54) is 49.9 Å². The number of aromatic nitrogens is 2.